The fraction of sp³-hybridized carbons (Fsp3) is 0.714. The lowest BCUT2D eigenvalue weighted by Crippen LogP contribution is -2.55. The molecule has 9 heteroatoms. The van der Waals surface area contributed by atoms with Crippen LogP contribution in [0.25, 0.3) is 0 Å². The molecule has 3 atom stereocenters. The van der Waals surface area contributed by atoms with Gasteiger partial charge in [-0.1, -0.05) is 79.7 Å². The number of benzene rings is 1. The minimum absolute atomic E-state index is 0.0544. The molecule has 0 saturated heterocycles. The van der Waals surface area contributed by atoms with Crippen LogP contribution in [0, 0.1) is 17.8 Å². The molecule has 1 aliphatic rings. The van der Waals surface area contributed by atoms with Crippen molar-refractivity contribution >= 4 is 23.6 Å². The third-order valence-electron chi connectivity index (χ3n) is 8.32. The van der Waals surface area contributed by atoms with Crippen LogP contribution < -0.4 is 21.3 Å². The van der Waals surface area contributed by atoms with E-state index in [-0.39, 0.29) is 35.6 Å². The monoisotopic (exact) mass is 613 g/mol. The van der Waals surface area contributed by atoms with Crippen molar-refractivity contribution in [1.82, 2.24) is 26.2 Å². The van der Waals surface area contributed by atoms with Crippen LogP contribution in [0.2, 0.25) is 0 Å². The van der Waals surface area contributed by atoms with Crippen molar-refractivity contribution in [1.29, 1.82) is 0 Å². The van der Waals surface area contributed by atoms with Crippen molar-refractivity contribution in [3.8, 4) is 0 Å². The van der Waals surface area contributed by atoms with Gasteiger partial charge in [-0.15, -0.1) is 0 Å². The standard InChI is InChI=1S/C35H59N5O4/c1-8-18-40(19-9-2)35(44)29-17-13-16-28(21-29)33(42)38-30(20-27-14-11-10-12-15-27)23-36-26(7)32(41)39-31(25(5)6)34(43)37-22-24(3)4/h13,16-17,21,24-27,30-31,36H,8-12,14-15,18-20,22-23H2,1-7H3,(H,37,43)(H,38,42)(H,39,41)/t26-,30-,31-/m0/s1. The fourth-order valence-electron chi connectivity index (χ4n) is 5.76. The van der Waals surface area contributed by atoms with Crippen molar-refractivity contribution in [3.63, 3.8) is 0 Å². The van der Waals surface area contributed by atoms with Crippen LogP contribution in [0.15, 0.2) is 24.3 Å². The highest BCUT2D eigenvalue weighted by atomic mass is 16.2. The molecule has 0 radical (unpaired) electrons. The number of nitrogens with zero attached hydrogens (tertiary/aromatic N) is 1. The smallest absolute Gasteiger partial charge is 0.253 e. The molecule has 0 aromatic heterocycles. The molecule has 1 aliphatic carbocycles. The van der Waals surface area contributed by atoms with Gasteiger partial charge in [0.25, 0.3) is 11.8 Å². The van der Waals surface area contributed by atoms with E-state index in [1.165, 1.54) is 19.3 Å². The van der Waals surface area contributed by atoms with Gasteiger partial charge in [0.05, 0.1) is 6.04 Å². The molecule has 0 bridgehead atoms. The van der Waals surface area contributed by atoms with E-state index in [1.54, 1.807) is 31.2 Å². The van der Waals surface area contributed by atoms with E-state index in [4.69, 9.17) is 0 Å². The lowest BCUT2D eigenvalue weighted by molar-refractivity contribution is -0.131. The Labute approximate surface area is 266 Å². The van der Waals surface area contributed by atoms with Crippen LogP contribution in [0.3, 0.4) is 0 Å². The zero-order valence-corrected chi connectivity index (χ0v) is 28.3. The molecule has 4 amide bonds. The average Bonchev–Trinajstić information content (AvgIpc) is 3.00. The molecule has 0 unspecified atom stereocenters. The van der Waals surface area contributed by atoms with E-state index in [0.717, 1.165) is 32.1 Å². The molecular formula is C35H59N5O4. The molecular weight excluding hydrogens is 554 g/mol. The summed E-state index contributed by atoms with van der Waals surface area (Å²) in [5.41, 5.74) is 0.972. The fourth-order valence-corrected chi connectivity index (χ4v) is 5.76. The maximum Gasteiger partial charge on any atom is 0.253 e. The molecule has 2 rings (SSSR count). The minimum Gasteiger partial charge on any atom is -0.354 e. The van der Waals surface area contributed by atoms with Gasteiger partial charge >= 0.3 is 0 Å². The maximum absolute atomic E-state index is 13.5. The molecule has 248 valence electrons. The Bertz CT molecular complexity index is 1050. The molecule has 44 heavy (non-hydrogen) atoms. The van der Waals surface area contributed by atoms with Crippen molar-refractivity contribution in [2.24, 2.45) is 17.8 Å². The number of carbonyl (C=O) groups excluding carboxylic acids is 4. The second kappa shape index (κ2) is 19.4. The summed E-state index contributed by atoms with van der Waals surface area (Å²) in [5, 5.41) is 12.4. The Balaban J connectivity index is 2.10. The number of carbonyl (C=O) groups is 4. The van der Waals surface area contributed by atoms with Crippen LogP contribution in [-0.2, 0) is 9.59 Å². The molecule has 0 heterocycles. The first-order chi connectivity index (χ1) is 21.0. The summed E-state index contributed by atoms with van der Waals surface area (Å²) < 4.78 is 0. The summed E-state index contributed by atoms with van der Waals surface area (Å²) in [4.78, 5) is 54.4. The van der Waals surface area contributed by atoms with Crippen molar-refractivity contribution < 1.29 is 19.2 Å². The first-order valence-electron chi connectivity index (χ1n) is 17.0. The third-order valence-corrected chi connectivity index (χ3v) is 8.32. The van der Waals surface area contributed by atoms with Crippen LogP contribution in [-0.4, -0.2) is 72.8 Å². The summed E-state index contributed by atoms with van der Waals surface area (Å²) >= 11 is 0. The van der Waals surface area contributed by atoms with E-state index in [0.29, 0.717) is 49.1 Å². The van der Waals surface area contributed by atoms with Gasteiger partial charge in [-0.05, 0) is 62.1 Å². The first kappa shape index (κ1) is 37.2. The average molecular weight is 614 g/mol. The Hall–Kier alpha value is -2.94. The minimum atomic E-state index is -0.621. The Morgan fingerprint density at radius 2 is 1.48 bits per heavy atom. The Morgan fingerprint density at radius 3 is 2.07 bits per heavy atom. The largest absolute Gasteiger partial charge is 0.354 e. The zero-order valence-electron chi connectivity index (χ0n) is 28.3. The van der Waals surface area contributed by atoms with Gasteiger partial charge in [-0.2, -0.15) is 0 Å². The highest BCUT2D eigenvalue weighted by Crippen LogP contribution is 2.27. The van der Waals surface area contributed by atoms with Gasteiger partial charge in [0.1, 0.15) is 6.04 Å². The van der Waals surface area contributed by atoms with Gasteiger partial charge in [-0.3, -0.25) is 19.2 Å². The number of amides is 4. The molecule has 9 nitrogen and oxygen atoms in total. The lowest BCUT2D eigenvalue weighted by atomic mass is 9.84. The summed E-state index contributed by atoms with van der Waals surface area (Å²) in [6, 6.07) is 5.61. The predicted molar refractivity (Wildman–Crippen MR) is 177 cm³/mol. The number of rotatable bonds is 18. The molecule has 4 N–H and O–H groups in total. The summed E-state index contributed by atoms with van der Waals surface area (Å²) in [7, 11) is 0. The molecule has 0 spiro atoms. The number of hydrogen-bond donors (Lipinski definition) is 4. The van der Waals surface area contributed by atoms with Gasteiger partial charge in [0.15, 0.2) is 0 Å². The van der Waals surface area contributed by atoms with Crippen LogP contribution in [0.1, 0.15) is 121 Å². The molecule has 1 saturated carbocycles. The Kier molecular flexibility index (Phi) is 16.5. The Morgan fingerprint density at radius 1 is 0.841 bits per heavy atom. The van der Waals surface area contributed by atoms with Gasteiger partial charge in [0, 0.05) is 43.3 Å². The van der Waals surface area contributed by atoms with Crippen molar-refractivity contribution in [3.05, 3.63) is 35.4 Å². The molecule has 0 aliphatic heterocycles. The normalized spacial score (nSPS) is 15.8. The second-order valence-electron chi connectivity index (χ2n) is 13.3. The summed E-state index contributed by atoms with van der Waals surface area (Å²) in [6.45, 7) is 16.1. The lowest BCUT2D eigenvalue weighted by Gasteiger charge is -2.29. The SMILES string of the molecule is CCCN(CCC)C(=O)c1cccc(C(=O)N[C@H](CN[C@@H](C)C(=O)N[C@H](C(=O)NCC(C)C)C(C)C)CC2CCCCC2)c1. The summed E-state index contributed by atoms with van der Waals surface area (Å²) in [6.07, 6.45) is 8.49. The van der Waals surface area contributed by atoms with E-state index < -0.39 is 12.1 Å². The third kappa shape index (κ3) is 12.6. The predicted octanol–water partition coefficient (Wildman–Crippen LogP) is 4.91. The maximum atomic E-state index is 13.5. The van der Waals surface area contributed by atoms with Gasteiger partial charge in [-0.25, -0.2) is 0 Å². The van der Waals surface area contributed by atoms with Gasteiger partial charge in [0.2, 0.25) is 11.8 Å². The van der Waals surface area contributed by atoms with Crippen LogP contribution in [0.4, 0.5) is 0 Å². The quantitative estimate of drug-likeness (QED) is 0.188. The van der Waals surface area contributed by atoms with E-state index in [2.05, 4.69) is 35.1 Å². The highest BCUT2D eigenvalue weighted by molar-refractivity contribution is 5.99. The van der Waals surface area contributed by atoms with Crippen LogP contribution >= 0.6 is 0 Å². The first-order valence-corrected chi connectivity index (χ1v) is 17.0. The van der Waals surface area contributed by atoms with Crippen LogP contribution in [0.5, 0.6) is 0 Å². The molecule has 1 fully saturated rings. The van der Waals surface area contributed by atoms with E-state index in [9.17, 15) is 19.2 Å². The topological polar surface area (TPSA) is 120 Å². The highest BCUT2D eigenvalue weighted by Gasteiger charge is 2.27. The van der Waals surface area contributed by atoms with E-state index in [1.807, 2.05) is 32.6 Å². The van der Waals surface area contributed by atoms with Crippen molar-refractivity contribution in [2.45, 2.75) is 118 Å². The number of nitrogens with one attached hydrogen (secondary N) is 4. The molecule has 1 aromatic rings. The number of hydrogen-bond acceptors (Lipinski definition) is 5. The van der Waals surface area contributed by atoms with Crippen molar-refractivity contribution in [2.75, 3.05) is 26.2 Å². The summed E-state index contributed by atoms with van der Waals surface area (Å²) in [5.74, 6) is 0.0692. The van der Waals surface area contributed by atoms with E-state index >= 15 is 0 Å². The molecule has 1 aromatic carbocycles. The van der Waals surface area contributed by atoms with Gasteiger partial charge < -0.3 is 26.2 Å². The second-order valence-corrected chi connectivity index (χ2v) is 13.3. The zero-order chi connectivity index (χ0) is 32.6.